The molecule has 0 aliphatic carbocycles. The number of halogens is 1. The van der Waals surface area contributed by atoms with Crippen molar-refractivity contribution in [1.82, 2.24) is 5.01 Å². The smallest absolute Gasteiger partial charge is 0.262 e. The molecule has 36 heavy (non-hydrogen) atoms. The standard InChI is InChI=1S/C27H23FN4O3S/c1-35-23-10-6-5-9-20(23)29-25(33)16-24-26(34)30-27(36-24)32-22(18-11-13-19(28)14-12-18)15-21(31-32)17-7-3-2-4-8-17/h2-14,22,24H,15-16H2,1H3,(H,29,33)/t22-,24+/m1/s1. The lowest BCUT2D eigenvalue weighted by Gasteiger charge is -2.23. The highest BCUT2D eigenvalue weighted by molar-refractivity contribution is 8.15. The number of para-hydroxylation sites is 2. The number of amides is 2. The molecule has 0 bridgehead atoms. The summed E-state index contributed by atoms with van der Waals surface area (Å²) in [4.78, 5) is 29.7. The van der Waals surface area contributed by atoms with E-state index < -0.39 is 5.25 Å². The maximum atomic E-state index is 13.6. The molecule has 3 aromatic rings. The van der Waals surface area contributed by atoms with Gasteiger partial charge in [-0.2, -0.15) is 10.1 Å². The Bertz CT molecular complexity index is 1340. The lowest BCUT2D eigenvalue weighted by atomic mass is 9.99. The predicted octanol–water partition coefficient (Wildman–Crippen LogP) is 5.01. The average molecular weight is 503 g/mol. The van der Waals surface area contributed by atoms with Crippen molar-refractivity contribution >= 4 is 40.1 Å². The number of aliphatic imine (C=N–C) groups is 1. The van der Waals surface area contributed by atoms with Gasteiger partial charge >= 0.3 is 0 Å². The van der Waals surface area contributed by atoms with Crippen molar-refractivity contribution in [3.8, 4) is 5.75 Å². The summed E-state index contributed by atoms with van der Waals surface area (Å²) in [6.07, 6.45) is 0.529. The van der Waals surface area contributed by atoms with Crippen LogP contribution in [0.2, 0.25) is 0 Å². The highest BCUT2D eigenvalue weighted by Crippen LogP contribution is 2.38. The van der Waals surface area contributed by atoms with Crippen LogP contribution >= 0.6 is 11.8 Å². The van der Waals surface area contributed by atoms with E-state index in [1.165, 1.54) is 31.0 Å². The normalized spacial score (nSPS) is 19.2. The molecule has 5 rings (SSSR count). The van der Waals surface area contributed by atoms with Gasteiger partial charge in [0.05, 0.1) is 24.6 Å². The molecule has 7 nitrogen and oxygen atoms in total. The van der Waals surface area contributed by atoms with E-state index in [2.05, 4.69) is 10.3 Å². The summed E-state index contributed by atoms with van der Waals surface area (Å²) in [5.41, 5.74) is 3.21. The van der Waals surface area contributed by atoms with Gasteiger partial charge in [-0.25, -0.2) is 9.40 Å². The monoisotopic (exact) mass is 502 g/mol. The topological polar surface area (TPSA) is 83.4 Å². The average Bonchev–Trinajstić information content (AvgIpc) is 3.49. The molecule has 3 aromatic carbocycles. The number of nitrogens with one attached hydrogen (secondary N) is 1. The van der Waals surface area contributed by atoms with E-state index in [1.54, 1.807) is 35.3 Å². The van der Waals surface area contributed by atoms with Gasteiger partial charge in [-0.15, -0.1) is 0 Å². The fourth-order valence-electron chi connectivity index (χ4n) is 4.16. The molecule has 0 radical (unpaired) electrons. The van der Waals surface area contributed by atoms with Gasteiger partial charge in [-0.1, -0.05) is 66.4 Å². The highest BCUT2D eigenvalue weighted by Gasteiger charge is 2.39. The molecule has 182 valence electrons. The fraction of sp³-hybridized carbons (Fsp3) is 0.185. The van der Waals surface area contributed by atoms with Gasteiger partial charge < -0.3 is 10.1 Å². The second-order valence-corrected chi connectivity index (χ2v) is 9.49. The molecule has 0 spiro atoms. The van der Waals surface area contributed by atoms with Crippen LogP contribution < -0.4 is 10.1 Å². The van der Waals surface area contributed by atoms with E-state index in [4.69, 9.17) is 9.84 Å². The maximum absolute atomic E-state index is 13.6. The number of methoxy groups -OCH3 is 1. The number of hydrazone groups is 1. The Morgan fingerprint density at radius 3 is 2.56 bits per heavy atom. The largest absolute Gasteiger partial charge is 0.495 e. The van der Waals surface area contributed by atoms with Gasteiger partial charge in [-0.05, 0) is 35.4 Å². The van der Waals surface area contributed by atoms with Crippen molar-refractivity contribution in [3.05, 3.63) is 95.8 Å². The van der Waals surface area contributed by atoms with Crippen LogP contribution in [-0.4, -0.2) is 40.1 Å². The number of hydrogen-bond donors (Lipinski definition) is 1. The SMILES string of the molecule is COc1ccccc1NC(=O)C[C@@H]1SC(N2N=C(c3ccccc3)C[C@@H]2c2ccc(F)cc2)=NC1=O. The van der Waals surface area contributed by atoms with E-state index in [0.717, 1.165) is 16.8 Å². The number of carbonyl (C=O) groups excluding carboxylic acids is 2. The van der Waals surface area contributed by atoms with E-state index in [0.29, 0.717) is 23.0 Å². The van der Waals surface area contributed by atoms with Crippen LogP contribution in [-0.2, 0) is 9.59 Å². The lowest BCUT2D eigenvalue weighted by molar-refractivity contribution is -0.121. The molecule has 9 heteroatoms. The first-order valence-corrected chi connectivity index (χ1v) is 12.3. The van der Waals surface area contributed by atoms with Crippen LogP contribution in [0, 0.1) is 5.82 Å². The van der Waals surface area contributed by atoms with Gasteiger partial charge in [0, 0.05) is 12.8 Å². The molecule has 0 saturated heterocycles. The summed E-state index contributed by atoms with van der Waals surface area (Å²) in [5.74, 6) is -0.482. The van der Waals surface area contributed by atoms with Crippen LogP contribution in [0.3, 0.4) is 0 Å². The lowest BCUT2D eigenvalue weighted by Crippen LogP contribution is -2.25. The molecule has 0 fully saturated rings. The Balaban J connectivity index is 1.34. The van der Waals surface area contributed by atoms with Crippen molar-refractivity contribution in [2.75, 3.05) is 12.4 Å². The van der Waals surface area contributed by atoms with E-state index in [-0.39, 0.29) is 30.1 Å². The summed E-state index contributed by atoms with van der Waals surface area (Å²) in [7, 11) is 1.53. The molecule has 2 amide bonds. The van der Waals surface area contributed by atoms with E-state index in [1.807, 2.05) is 36.4 Å². The minimum Gasteiger partial charge on any atom is -0.495 e. The highest BCUT2D eigenvalue weighted by atomic mass is 32.2. The third-order valence-electron chi connectivity index (χ3n) is 5.95. The number of benzene rings is 3. The summed E-state index contributed by atoms with van der Waals surface area (Å²) in [6.45, 7) is 0. The molecule has 0 unspecified atom stereocenters. The summed E-state index contributed by atoms with van der Waals surface area (Å²) in [6, 6.07) is 22.9. The van der Waals surface area contributed by atoms with Crippen LogP contribution in [0.1, 0.15) is 30.0 Å². The molecule has 0 saturated carbocycles. The fourth-order valence-corrected chi connectivity index (χ4v) is 5.22. The van der Waals surface area contributed by atoms with Crippen molar-refractivity contribution < 1.29 is 18.7 Å². The Labute approximate surface area is 212 Å². The third kappa shape index (κ3) is 5.01. The zero-order valence-corrected chi connectivity index (χ0v) is 20.2. The number of nitrogens with zero attached hydrogens (tertiary/aromatic N) is 3. The summed E-state index contributed by atoms with van der Waals surface area (Å²) < 4.78 is 18.9. The van der Waals surface area contributed by atoms with Gasteiger partial charge in [0.15, 0.2) is 5.17 Å². The molecule has 2 heterocycles. The van der Waals surface area contributed by atoms with Crippen LogP contribution in [0.4, 0.5) is 10.1 Å². The molecular formula is C27H23FN4O3S. The molecule has 1 N–H and O–H groups in total. The first kappa shape index (κ1) is 23.7. The molecule has 2 aliphatic heterocycles. The third-order valence-corrected chi connectivity index (χ3v) is 7.09. The number of hydrogen-bond acceptors (Lipinski definition) is 6. The zero-order chi connectivity index (χ0) is 25.1. The first-order chi connectivity index (χ1) is 17.5. The first-order valence-electron chi connectivity index (χ1n) is 11.4. The summed E-state index contributed by atoms with van der Waals surface area (Å²) in [5, 5.41) is 9.08. The Kier molecular flexibility index (Phi) is 6.81. The van der Waals surface area contributed by atoms with Gasteiger partial charge in [-0.3, -0.25) is 9.59 Å². The van der Waals surface area contributed by atoms with Crippen molar-refractivity contribution in [2.24, 2.45) is 10.1 Å². The van der Waals surface area contributed by atoms with Crippen molar-refractivity contribution in [2.45, 2.75) is 24.1 Å². The van der Waals surface area contributed by atoms with Crippen LogP contribution in [0.15, 0.2) is 89.0 Å². The van der Waals surface area contributed by atoms with Crippen molar-refractivity contribution in [3.63, 3.8) is 0 Å². The van der Waals surface area contributed by atoms with E-state index >= 15 is 0 Å². The molecule has 2 atom stereocenters. The van der Waals surface area contributed by atoms with Gasteiger partial charge in [0.25, 0.3) is 5.91 Å². The maximum Gasteiger partial charge on any atom is 0.262 e. The number of amidine groups is 1. The minimum atomic E-state index is -0.667. The molecule has 0 aromatic heterocycles. The van der Waals surface area contributed by atoms with Gasteiger partial charge in [0.2, 0.25) is 5.91 Å². The zero-order valence-electron chi connectivity index (χ0n) is 19.4. The van der Waals surface area contributed by atoms with Crippen LogP contribution in [0.25, 0.3) is 0 Å². The molecule has 2 aliphatic rings. The number of rotatable bonds is 6. The predicted molar refractivity (Wildman–Crippen MR) is 139 cm³/mol. The van der Waals surface area contributed by atoms with Gasteiger partial charge in [0.1, 0.15) is 16.8 Å². The second-order valence-electron chi connectivity index (χ2n) is 8.32. The number of ether oxygens (including phenoxy) is 1. The van der Waals surface area contributed by atoms with Crippen molar-refractivity contribution in [1.29, 1.82) is 0 Å². The summed E-state index contributed by atoms with van der Waals surface area (Å²) >= 11 is 1.22. The second kappa shape index (κ2) is 10.3. The van der Waals surface area contributed by atoms with Crippen LogP contribution in [0.5, 0.6) is 5.75 Å². The Morgan fingerprint density at radius 2 is 1.81 bits per heavy atom. The minimum absolute atomic E-state index is 0.0428. The quantitative estimate of drug-likeness (QED) is 0.512. The Morgan fingerprint density at radius 1 is 1.08 bits per heavy atom. The number of thioether (sulfide) groups is 1. The number of carbonyl (C=O) groups is 2. The number of anilines is 1. The molecular weight excluding hydrogens is 479 g/mol. The Hall–Kier alpha value is -3.98. The van der Waals surface area contributed by atoms with E-state index in [9.17, 15) is 14.0 Å².